The molecule has 0 saturated carbocycles. The molecule has 24 heavy (non-hydrogen) atoms. The third-order valence-corrected chi connectivity index (χ3v) is 4.15. The molecule has 1 aromatic rings. The number of Topliss-reactive ketones (excluding diaryl/α,β-unsaturated/α-hetero) is 1. The molecule has 3 unspecified atom stereocenters. The van der Waals surface area contributed by atoms with Crippen molar-refractivity contribution in [1.82, 2.24) is 4.90 Å². The van der Waals surface area contributed by atoms with Gasteiger partial charge in [-0.2, -0.15) is 0 Å². The van der Waals surface area contributed by atoms with Crippen molar-refractivity contribution in [2.45, 2.75) is 45.3 Å². The number of benzene rings is 1. The lowest BCUT2D eigenvalue weighted by molar-refractivity contribution is -0.129. The SMILES string of the molecule is [2H]C12CC(=O)C(C([2H])([2H])C([2H])(C([2H])([2H])[2H])C([2H])([2H])C)CN1C([2H])([2H])C([2H])([2H])c1cc(OC)c(OC)cc12. The fourth-order valence-corrected chi connectivity index (χ4v) is 2.85. The van der Waals surface area contributed by atoms with E-state index in [1.807, 2.05) is 0 Å². The Balaban J connectivity index is 2.26. The first-order chi connectivity index (χ1) is 16.5. The second-order valence-corrected chi connectivity index (χ2v) is 5.51. The first kappa shape index (κ1) is 7.36. The second kappa shape index (κ2) is 7.14. The lowest BCUT2D eigenvalue weighted by atomic mass is 9.79. The highest BCUT2D eigenvalue weighted by atomic mass is 16.5. The number of nitrogens with zero attached hydrogens (tertiary/aromatic N) is 1. The number of carbonyl (C=O) groups excluding carboxylic acids is 1. The van der Waals surface area contributed by atoms with Crippen LogP contribution < -0.4 is 9.47 Å². The van der Waals surface area contributed by atoms with E-state index in [9.17, 15) is 4.79 Å². The third-order valence-electron chi connectivity index (χ3n) is 4.15. The summed E-state index contributed by atoms with van der Waals surface area (Å²) in [5.41, 5.74) is -0.380. The van der Waals surface area contributed by atoms with E-state index in [4.69, 9.17) is 27.3 Å². The molecule has 2 heterocycles. The van der Waals surface area contributed by atoms with Crippen LogP contribution in [0.4, 0.5) is 0 Å². The van der Waals surface area contributed by atoms with Crippen LogP contribution in [0.3, 0.4) is 0 Å². The highest BCUT2D eigenvalue weighted by Gasteiger charge is 2.38. The highest BCUT2D eigenvalue weighted by Crippen LogP contribution is 2.42. The van der Waals surface area contributed by atoms with Crippen LogP contribution >= 0.6 is 0 Å². The van der Waals surface area contributed by atoms with E-state index in [2.05, 4.69) is 0 Å². The molecule has 4 nitrogen and oxygen atoms in total. The van der Waals surface area contributed by atoms with E-state index in [0.29, 0.717) is 4.90 Å². The number of methoxy groups -OCH3 is 2. The summed E-state index contributed by atoms with van der Waals surface area (Å²) in [7, 11) is 2.59. The minimum Gasteiger partial charge on any atom is -0.493 e. The molecule has 3 atom stereocenters. The zero-order valence-corrected chi connectivity index (χ0v) is 13.8. The monoisotopic (exact) mass is 344 g/mol. The molecule has 1 aromatic carbocycles. The largest absolute Gasteiger partial charge is 0.493 e. The van der Waals surface area contributed by atoms with Gasteiger partial charge in [0, 0.05) is 47.8 Å². The Hall–Kier alpha value is -1.55. The second-order valence-electron chi connectivity index (χ2n) is 5.51. The molecule has 132 valence electrons. The summed E-state index contributed by atoms with van der Waals surface area (Å²) in [6.07, 6.45) is -10.0. The minimum absolute atomic E-state index is 0.0659. The van der Waals surface area contributed by atoms with Gasteiger partial charge in [-0.05, 0) is 41.9 Å². The maximum atomic E-state index is 13.4. The standard InChI is InChI=1S/C20H29NO3/c1-5-13(2)8-15-12-21-7-6-14-9-19(23-3)20(24-4)10-16(14)17(21)11-18(15)22/h9-10,13,15,17H,5-8,11-12H2,1-4H3/i2D3,5D2,6D2,7D2,8D2,13D,17D. The van der Waals surface area contributed by atoms with Gasteiger partial charge in [0.2, 0.25) is 0 Å². The average Bonchev–Trinajstić information content (AvgIpc) is 2.74. The molecule has 0 aliphatic carbocycles. The van der Waals surface area contributed by atoms with Gasteiger partial charge in [-0.1, -0.05) is 20.1 Å². The quantitative estimate of drug-likeness (QED) is 0.818. The fraction of sp³-hybridized carbons (Fsp3) is 0.650. The van der Waals surface area contributed by atoms with E-state index >= 15 is 0 Å². The molecule has 4 heteroatoms. The number of hydrogen-bond acceptors (Lipinski definition) is 4. The minimum atomic E-state index is -3.53. The first-order valence-electron chi connectivity index (χ1n) is 14.0. The van der Waals surface area contributed by atoms with Crippen LogP contribution in [0.1, 0.15) is 67.9 Å². The van der Waals surface area contributed by atoms with Gasteiger partial charge >= 0.3 is 0 Å². The smallest absolute Gasteiger partial charge is 0.161 e. The van der Waals surface area contributed by atoms with Crippen molar-refractivity contribution in [3.05, 3.63) is 23.3 Å². The summed E-state index contributed by atoms with van der Waals surface area (Å²) in [6.45, 7) is -6.79. The van der Waals surface area contributed by atoms with Crippen molar-refractivity contribution in [3.63, 3.8) is 0 Å². The van der Waals surface area contributed by atoms with Gasteiger partial charge < -0.3 is 9.47 Å². The molecule has 3 rings (SSSR count). The summed E-state index contributed by atoms with van der Waals surface area (Å²) >= 11 is 0. The third kappa shape index (κ3) is 3.16. The molecule has 0 radical (unpaired) electrons. The van der Waals surface area contributed by atoms with Crippen LogP contribution in [0.5, 0.6) is 11.5 Å². The van der Waals surface area contributed by atoms with Gasteiger partial charge in [-0.3, -0.25) is 9.69 Å². The molecule has 0 N–H and O–H groups in total. The average molecular weight is 345 g/mol. The number of ether oxygens (including phenoxy) is 2. The zero-order chi connectivity index (χ0) is 28.8. The van der Waals surface area contributed by atoms with Crippen LogP contribution in [-0.4, -0.2) is 37.9 Å². The molecule has 2 aliphatic heterocycles. The Kier molecular flexibility index (Phi) is 2.19. The van der Waals surface area contributed by atoms with E-state index < -0.39 is 69.0 Å². The predicted octanol–water partition coefficient (Wildman–Crippen LogP) is 3.63. The summed E-state index contributed by atoms with van der Waals surface area (Å²) in [4.78, 5) is 14.1. The molecular formula is C20H29NO3. The molecule has 0 spiro atoms. The first-order valence-corrected chi connectivity index (χ1v) is 7.54. The van der Waals surface area contributed by atoms with Crippen LogP contribution in [0.2, 0.25) is 0 Å². The molecule has 1 saturated heterocycles. The van der Waals surface area contributed by atoms with Gasteiger partial charge in [0.05, 0.1) is 15.6 Å². The summed E-state index contributed by atoms with van der Waals surface area (Å²) in [6, 6.07) is 0.194. The number of piperidine rings is 1. The van der Waals surface area contributed by atoms with E-state index in [1.165, 1.54) is 26.4 Å². The molecule has 0 bridgehead atoms. The lowest BCUT2D eigenvalue weighted by Crippen LogP contribution is -2.46. The Bertz CT molecular complexity index is 1080. The molecule has 1 fully saturated rings. The van der Waals surface area contributed by atoms with Gasteiger partial charge in [-0.25, -0.2) is 0 Å². The highest BCUT2D eigenvalue weighted by molar-refractivity contribution is 5.83. The summed E-state index contributed by atoms with van der Waals surface area (Å²) < 4.78 is 119. The van der Waals surface area contributed by atoms with E-state index in [0.717, 1.165) is 6.92 Å². The van der Waals surface area contributed by atoms with E-state index in [-0.39, 0.29) is 22.6 Å². The molecule has 2 aliphatic rings. The Morgan fingerprint density at radius 2 is 2.25 bits per heavy atom. The van der Waals surface area contributed by atoms with Gasteiger partial charge in [0.15, 0.2) is 11.5 Å². The Labute approximate surface area is 163 Å². The number of fused-ring (bicyclic) bond motifs is 3. The van der Waals surface area contributed by atoms with Crippen molar-refractivity contribution >= 4 is 5.78 Å². The maximum absolute atomic E-state index is 13.4. The van der Waals surface area contributed by atoms with Gasteiger partial charge in [0.1, 0.15) is 5.78 Å². The van der Waals surface area contributed by atoms with Crippen molar-refractivity contribution in [2.24, 2.45) is 11.8 Å². The summed E-state index contributed by atoms with van der Waals surface area (Å²) in [5.74, 6) is -6.36. The van der Waals surface area contributed by atoms with Crippen LogP contribution in [-0.2, 0) is 11.2 Å². The Morgan fingerprint density at radius 3 is 2.92 bits per heavy atom. The summed E-state index contributed by atoms with van der Waals surface area (Å²) in [5, 5.41) is 0. The van der Waals surface area contributed by atoms with Crippen molar-refractivity contribution in [1.29, 1.82) is 0 Å². The fourth-order valence-electron chi connectivity index (χ4n) is 2.85. The molecule has 0 amide bonds. The van der Waals surface area contributed by atoms with E-state index in [1.54, 1.807) is 0 Å². The Morgan fingerprint density at radius 1 is 1.50 bits per heavy atom. The van der Waals surface area contributed by atoms with Crippen molar-refractivity contribution in [2.75, 3.05) is 27.3 Å². The van der Waals surface area contributed by atoms with Crippen LogP contribution in [0.25, 0.3) is 0 Å². The lowest BCUT2D eigenvalue weighted by Gasteiger charge is -2.43. The number of ketones is 1. The topological polar surface area (TPSA) is 38.8 Å². The number of hydrogen-bond donors (Lipinski definition) is 0. The van der Waals surface area contributed by atoms with Gasteiger partial charge in [-0.15, -0.1) is 0 Å². The zero-order valence-electron chi connectivity index (χ0n) is 26.8. The van der Waals surface area contributed by atoms with Crippen molar-refractivity contribution in [3.8, 4) is 11.5 Å². The van der Waals surface area contributed by atoms with Gasteiger partial charge in [0.25, 0.3) is 0 Å². The number of carbonyl (C=O) groups is 1. The maximum Gasteiger partial charge on any atom is 0.161 e. The normalized spacial score (nSPS) is 43.2. The molecular weight excluding hydrogens is 302 g/mol. The van der Waals surface area contributed by atoms with Crippen LogP contribution in [0, 0.1) is 11.8 Å². The van der Waals surface area contributed by atoms with Crippen molar-refractivity contribution < 1.29 is 32.1 Å². The number of aryl methyl sites for hydroxylation is 1. The number of rotatable bonds is 5. The van der Waals surface area contributed by atoms with Crippen LogP contribution in [0.15, 0.2) is 12.1 Å². The molecule has 0 aromatic heterocycles. The predicted molar refractivity (Wildman–Crippen MR) is 94.8 cm³/mol.